The van der Waals surface area contributed by atoms with Crippen LogP contribution in [0.2, 0.25) is 0 Å². The van der Waals surface area contributed by atoms with Crippen LogP contribution in [0.5, 0.6) is 17.2 Å². The Morgan fingerprint density at radius 2 is 1.71 bits per heavy atom. The van der Waals surface area contributed by atoms with Gasteiger partial charge in [0.1, 0.15) is 5.75 Å². The number of benzene rings is 3. The highest BCUT2D eigenvalue weighted by molar-refractivity contribution is 8.76. The molecule has 4 aromatic rings. The Morgan fingerprint density at radius 3 is 2.53 bits per heavy atom. The van der Waals surface area contributed by atoms with Gasteiger partial charge in [0.05, 0.1) is 38.0 Å². The van der Waals surface area contributed by atoms with E-state index in [1.807, 2.05) is 24.3 Å². The summed E-state index contributed by atoms with van der Waals surface area (Å²) in [6.45, 7) is -0.0388. The van der Waals surface area contributed by atoms with Crippen molar-refractivity contribution < 1.29 is 39.9 Å². The lowest BCUT2D eigenvalue weighted by Gasteiger charge is -2.49. The van der Waals surface area contributed by atoms with E-state index in [0.29, 0.717) is 72.0 Å². The number of nitrogens with two attached hydrogens (primary N) is 2. The summed E-state index contributed by atoms with van der Waals surface area (Å²) in [4.78, 5) is 31.2. The third-order valence-corrected chi connectivity index (χ3v) is 18.5. The van der Waals surface area contributed by atoms with Crippen LogP contribution in [0.1, 0.15) is 138 Å². The number of fused-ring (bicyclic) bond motifs is 10. The van der Waals surface area contributed by atoms with Gasteiger partial charge in [0.2, 0.25) is 0 Å². The van der Waals surface area contributed by atoms with Crippen molar-refractivity contribution in [1.82, 2.24) is 4.98 Å². The molecule has 0 radical (unpaired) electrons. The smallest absolute Gasteiger partial charge is 0.165 e. The van der Waals surface area contributed by atoms with Gasteiger partial charge in [0.25, 0.3) is 0 Å². The van der Waals surface area contributed by atoms with Gasteiger partial charge in [-0.05, 0) is 151 Å². The van der Waals surface area contributed by atoms with Crippen molar-refractivity contribution in [2.24, 2.45) is 40.1 Å². The summed E-state index contributed by atoms with van der Waals surface area (Å²) in [5.74, 6) is 8.26. The predicted molar refractivity (Wildman–Crippen MR) is 267 cm³/mol. The molecule has 8 atom stereocenters. The number of ketones is 2. The Labute approximate surface area is 407 Å². The highest BCUT2D eigenvalue weighted by Gasteiger charge is 2.55. The molecule has 0 unspecified atom stereocenters. The first kappa shape index (κ1) is 48.5. The number of Topliss-reactive ketones (excluding diaryl/α,β-unsaturated/α-hetero) is 1. The molecule has 8 bridgehead atoms. The van der Waals surface area contributed by atoms with Crippen molar-refractivity contribution in [3.05, 3.63) is 123 Å². The number of carbonyl (C=O) groups is 2. The van der Waals surface area contributed by atoms with Crippen molar-refractivity contribution in [1.29, 1.82) is 0 Å². The molecule has 11 nitrogen and oxygen atoms in total. The predicted octanol–water partition coefficient (Wildman–Crippen LogP) is 8.32. The number of aryl methyl sites for hydroxylation is 1. The number of H-pyrrole nitrogens is 1. The molecule has 360 valence electrons. The zero-order chi connectivity index (χ0) is 47.6. The molecule has 0 amide bonds. The van der Waals surface area contributed by atoms with Crippen molar-refractivity contribution in [2.75, 3.05) is 19.0 Å². The van der Waals surface area contributed by atoms with Gasteiger partial charge in [0, 0.05) is 65.3 Å². The number of aromatic nitrogens is 1. The molecule has 5 aliphatic rings. The van der Waals surface area contributed by atoms with Crippen LogP contribution in [-0.2, 0) is 29.8 Å². The molecule has 10 N–H and O–H groups in total. The number of phenols is 2. The fourth-order valence-electron chi connectivity index (χ4n) is 12.6. The SMILES string of the molecule is NC(N)c1cc2c3cc1CSSC[C@H]1C[C@]([C@H]4CC[C@@H]5CCC[C@]5(C[C@H](O)CO)C4)(C=CC(=O)CCc4ccc(O)c(c4)OCCc4ccc(O)c(c4)[C@@H]3CC(=O)c3cc[nH]c3CC#C2)C[C@H]1O. The summed E-state index contributed by atoms with van der Waals surface area (Å²) in [5, 5.41) is 55.1. The number of phenolic OH excluding ortho intramolecular Hbond substituents is 2. The van der Waals surface area contributed by atoms with Gasteiger partial charge in [-0.3, -0.25) is 9.59 Å². The Bertz CT molecular complexity index is 2600. The normalized spacial score (nSPS) is 28.3. The third-order valence-electron chi connectivity index (χ3n) is 16.1. The van der Waals surface area contributed by atoms with Gasteiger partial charge in [0.15, 0.2) is 23.1 Å². The van der Waals surface area contributed by atoms with Gasteiger partial charge >= 0.3 is 0 Å². The number of aromatic hydroxyl groups is 2. The van der Waals surface area contributed by atoms with E-state index in [1.165, 1.54) is 0 Å². The van der Waals surface area contributed by atoms with Crippen molar-refractivity contribution in [3.63, 3.8) is 0 Å². The quantitative estimate of drug-likeness (QED) is 0.0539. The summed E-state index contributed by atoms with van der Waals surface area (Å²) < 4.78 is 6.17. The molecule has 0 spiro atoms. The fourth-order valence-corrected chi connectivity index (χ4v) is 15.1. The number of hydrogen-bond donors (Lipinski definition) is 8. The third kappa shape index (κ3) is 10.3. The number of aromatic amines is 1. The molecule has 4 aliphatic carbocycles. The fraction of sp³-hybridized carbons (Fsp3) is 0.491. The average Bonchev–Trinajstić information content (AvgIpc) is 4.06. The Kier molecular flexibility index (Phi) is 14.9. The van der Waals surface area contributed by atoms with E-state index in [1.54, 1.807) is 58.1 Å². The number of hydrogen-bond acceptors (Lipinski definition) is 12. The second-order valence-corrected chi connectivity index (χ2v) is 22.8. The summed E-state index contributed by atoms with van der Waals surface area (Å²) in [6.07, 6.45) is 13.1. The minimum atomic E-state index is -0.801. The van der Waals surface area contributed by atoms with Crippen LogP contribution >= 0.6 is 21.6 Å². The van der Waals surface area contributed by atoms with E-state index in [4.69, 9.17) is 16.2 Å². The van der Waals surface area contributed by atoms with E-state index < -0.39 is 29.7 Å². The number of rotatable bonds is 5. The molecule has 3 saturated carbocycles. The van der Waals surface area contributed by atoms with Crippen LogP contribution in [0.3, 0.4) is 0 Å². The number of carbonyl (C=O) groups excluding carboxylic acids is 2. The lowest BCUT2D eigenvalue weighted by atomic mass is 9.56. The molecule has 3 fully saturated rings. The number of aliphatic hydroxyl groups is 3. The second-order valence-electron chi connectivity index (χ2n) is 20.3. The minimum Gasteiger partial charge on any atom is -0.508 e. The van der Waals surface area contributed by atoms with Gasteiger partial charge in [-0.25, -0.2) is 0 Å². The number of nitrogens with one attached hydrogen (secondary N) is 1. The number of aliphatic hydroxyl groups excluding tert-OH is 3. The van der Waals surface area contributed by atoms with E-state index in [0.717, 1.165) is 78.5 Å². The van der Waals surface area contributed by atoms with E-state index in [2.05, 4.69) is 29.0 Å². The van der Waals surface area contributed by atoms with Gasteiger partial charge in [-0.1, -0.05) is 70.2 Å². The first-order valence-electron chi connectivity index (χ1n) is 24.4. The molecule has 9 rings (SSSR count). The van der Waals surface area contributed by atoms with Crippen molar-refractivity contribution >= 4 is 33.2 Å². The molecule has 3 aromatic carbocycles. The summed E-state index contributed by atoms with van der Waals surface area (Å²) in [5.41, 5.74) is 19.2. The maximum Gasteiger partial charge on any atom is 0.165 e. The molecule has 0 saturated heterocycles. The second kappa shape index (κ2) is 20.8. The zero-order valence-corrected chi connectivity index (χ0v) is 40.3. The van der Waals surface area contributed by atoms with Crippen molar-refractivity contribution in [3.8, 4) is 29.1 Å². The molecule has 13 heteroatoms. The van der Waals surface area contributed by atoms with Gasteiger partial charge in [-0.2, -0.15) is 0 Å². The molecule has 1 aliphatic heterocycles. The number of allylic oxidation sites excluding steroid dienone is 2. The van der Waals surface area contributed by atoms with E-state index in [-0.39, 0.29) is 66.4 Å². The monoisotopic (exact) mass is 959 g/mol. The van der Waals surface area contributed by atoms with Crippen molar-refractivity contribution in [2.45, 2.75) is 120 Å². The Morgan fingerprint density at radius 1 is 0.897 bits per heavy atom. The highest BCUT2D eigenvalue weighted by atomic mass is 33.1. The summed E-state index contributed by atoms with van der Waals surface area (Å²) >= 11 is 0. The van der Waals surface area contributed by atoms with Crippen LogP contribution < -0.4 is 16.2 Å². The Balaban J connectivity index is 1.07. The maximum atomic E-state index is 14.2. The molecular weight excluding hydrogens is 895 g/mol. The standard InChI is InChI=1S/C55H65N3O8S2/c56-53(57)44-23-35-3-1-5-47-42(15-19-58-47)50(64)25-45-43(35)24-36(44)31-67-68-32-37-26-55(29-51(37)65,39-10-9-38-4-2-17-54(38,27-39)28-41(61)30-59)18-14-40(60)11-6-33-8-13-49(63)52(22-33)66-20-16-34-7-12-48(62)46(45)21-34/h7-8,12-15,18-19,21-24,37-39,41,45,51,53,58-59,61-63,65H,2,4-6,9-11,16-17,20,25-32,56-57H2/t37-,38+,39+,41+,45-,51-,54-,55-/m1/s1. The van der Waals surface area contributed by atoms with Gasteiger partial charge < -0.3 is 46.7 Å². The summed E-state index contributed by atoms with van der Waals surface area (Å²) in [7, 11) is 3.36. The Hall–Kier alpha value is -4.52. The van der Waals surface area contributed by atoms with Crippen LogP contribution in [0.4, 0.5) is 0 Å². The van der Waals surface area contributed by atoms with Gasteiger partial charge in [-0.15, -0.1) is 0 Å². The first-order chi connectivity index (χ1) is 32.8. The largest absolute Gasteiger partial charge is 0.508 e. The molecule has 2 heterocycles. The van der Waals surface area contributed by atoms with Crippen LogP contribution in [0.25, 0.3) is 0 Å². The van der Waals surface area contributed by atoms with Crippen LogP contribution in [-0.4, -0.2) is 73.3 Å². The molecular formula is C55H65N3O8S2. The minimum absolute atomic E-state index is 0.00291. The van der Waals surface area contributed by atoms with E-state index in [9.17, 15) is 35.1 Å². The zero-order valence-electron chi connectivity index (χ0n) is 38.6. The number of ether oxygens (including phenoxy) is 1. The average molecular weight is 960 g/mol. The van der Waals surface area contributed by atoms with Crippen LogP contribution in [0.15, 0.2) is 72.9 Å². The maximum absolute atomic E-state index is 14.2. The summed E-state index contributed by atoms with van der Waals surface area (Å²) in [6, 6.07) is 16.4. The van der Waals surface area contributed by atoms with Crippen LogP contribution in [0, 0.1) is 40.4 Å². The highest BCUT2D eigenvalue weighted by Crippen LogP contribution is 2.63. The lowest BCUT2D eigenvalue weighted by molar-refractivity contribution is -0.114. The van der Waals surface area contributed by atoms with E-state index >= 15 is 0 Å². The lowest BCUT2D eigenvalue weighted by Crippen LogP contribution is -2.42. The molecule has 1 aromatic heterocycles. The first-order valence-corrected chi connectivity index (χ1v) is 26.9. The molecule has 68 heavy (non-hydrogen) atoms. The topological polar surface area (TPSA) is 212 Å².